The van der Waals surface area contributed by atoms with E-state index < -0.39 is 22.9 Å². The van der Waals surface area contributed by atoms with Crippen LogP contribution >= 0.6 is 11.3 Å². The Morgan fingerprint density at radius 3 is 2.59 bits per heavy atom. The van der Waals surface area contributed by atoms with E-state index in [4.69, 9.17) is 0 Å². The first kappa shape index (κ1) is 19.4. The highest BCUT2D eigenvalue weighted by atomic mass is 32.1. The number of nitriles is 1. The highest BCUT2D eigenvalue weighted by Crippen LogP contribution is 2.35. The normalized spacial score (nSPS) is 17.6. The van der Waals surface area contributed by atoms with Crippen LogP contribution in [0.4, 0.5) is 13.2 Å². The number of halogens is 3. The minimum absolute atomic E-state index is 0.0615. The van der Waals surface area contributed by atoms with Gasteiger partial charge in [0.15, 0.2) is 0 Å². The van der Waals surface area contributed by atoms with E-state index in [0.717, 1.165) is 35.7 Å². The van der Waals surface area contributed by atoms with Crippen LogP contribution in [0.15, 0.2) is 33.5 Å². The Labute approximate surface area is 158 Å². The van der Waals surface area contributed by atoms with E-state index in [9.17, 15) is 23.2 Å². The molecule has 0 N–H and O–H groups in total. The highest BCUT2D eigenvalue weighted by Gasteiger charge is 2.36. The molecule has 0 radical (unpaired) electrons. The van der Waals surface area contributed by atoms with E-state index in [-0.39, 0.29) is 5.69 Å². The summed E-state index contributed by atoms with van der Waals surface area (Å²) in [7, 11) is 0. The molecule has 142 valence electrons. The first-order chi connectivity index (χ1) is 12.8. The monoisotopic (exact) mass is 393 g/mol. The van der Waals surface area contributed by atoms with Crippen molar-refractivity contribution in [3.63, 3.8) is 0 Å². The summed E-state index contributed by atoms with van der Waals surface area (Å²) in [5.41, 5.74) is -2.32. The van der Waals surface area contributed by atoms with Crippen molar-refractivity contribution in [2.75, 3.05) is 0 Å². The molecule has 3 rings (SSSR count). The summed E-state index contributed by atoms with van der Waals surface area (Å²) in [5, 5.41) is 15.3. The molecule has 1 aliphatic carbocycles. The molecule has 8 heteroatoms. The molecule has 0 bridgehead atoms. The summed E-state index contributed by atoms with van der Waals surface area (Å²) in [5.74, 6) is 0.611. The van der Waals surface area contributed by atoms with Gasteiger partial charge in [-0.1, -0.05) is 19.4 Å². The largest absolute Gasteiger partial charge is 0.417 e. The number of thiophene rings is 1. The molecule has 1 aliphatic rings. The molecular formula is C19H18F3N3OS. The van der Waals surface area contributed by atoms with Crippen LogP contribution in [0.25, 0.3) is 10.6 Å². The zero-order chi connectivity index (χ0) is 19.6. The van der Waals surface area contributed by atoms with Gasteiger partial charge in [0.05, 0.1) is 16.1 Å². The molecule has 0 spiro atoms. The fraction of sp³-hybridized carbons (Fsp3) is 0.421. The lowest BCUT2D eigenvalue weighted by Gasteiger charge is -2.22. The Balaban J connectivity index is 2.18. The zero-order valence-corrected chi connectivity index (χ0v) is 15.5. The Morgan fingerprint density at radius 2 is 2.07 bits per heavy atom. The minimum atomic E-state index is -4.79. The molecule has 0 atom stereocenters. The average Bonchev–Trinajstić information content (AvgIpc) is 3.17. The van der Waals surface area contributed by atoms with Crippen molar-refractivity contribution < 1.29 is 13.2 Å². The fourth-order valence-corrected chi connectivity index (χ4v) is 4.02. The van der Waals surface area contributed by atoms with E-state index in [1.165, 1.54) is 17.4 Å². The third kappa shape index (κ3) is 3.98. The quantitative estimate of drug-likeness (QED) is 0.713. The van der Waals surface area contributed by atoms with Gasteiger partial charge in [0, 0.05) is 5.71 Å². The Bertz CT molecular complexity index is 942. The van der Waals surface area contributed by atoms with Crippen LogP contribution in [-0.2, 0) is 6.18 Å². The van der Waals surface area contributed by atoms with Crippen molar-refractivity contribution in [2.45, 2.75) is 45.2 Å². The van der Waals surface area contributed by atoms with Crippen molar-refractivity contribution in [1.82, 2.24) is 4.68 Å². The van der Waals surface area contributed by atoms with Gasteiger partial charge in [-0.15, -0.1) is 11.3 Å². The third-order valence-corrected chi connectivity index (χ3v) is 5.77. The second kappa shape index (κ2) is 7.69. The van der Waals surface area contributed by atoms with Crippen LogP contribution in [-0.4, -0.2) is 10.4 Å². The molecule has 0 saturated heterocycles. The summed E-state index contributed by atoms with van der Waals surface area (Å²) >= 11 is 1.22. The fourth-order valence-electron chi connectivity index (χ4n) is 3.29. The second-order valence-electron chi connectivity index (χ2n) is 6.54. The molecule has 0 unspecified atom stereocenters. The lowest BCUT2D eigenvalue weighted by atomic mass is 9.86. The van der Waals surface area contributed by atoms with Crippen LogP contribution in [0, 0.1) is 17.2 Å². The number of nitrogens with zero attached hydrogens (tertiary/aromatic N) is 3. The van der Waals surface area contributed by atoms with Gasteiger partial charge in [0.2, 0.25) is 0 Å². The highest BCUT2D eigenvalue weighted by molar-refractivity contribution is 7.13. The first-order valence-corrected chi connectivity index (χ1v) is 9.61. The number of aromatic nitrogens is 1. The molecule has 1 fully saturated rings. The maximum absolute atomic E-state index is 13.4. The van der Waals surface area contributed by atoms with Gasteiger partial charge in [0.25, 0.3) is 5.56 Å². The Hall–Kier alpha value is -2.40. The molecule has 2 aromatic heterocycles. The van der Waals surface area contributed by atoms with Crippen molar-refractivity contribution in [3.05, 3.63) is 45.1 Å². The molecule has 0 aliphatic heterocycles. The van der Waals surface area contributed by atoms with E-state index in [1.54, 1.807) is 17.5 Å². The SMILES string of the molecule is CCC1CCC(=Nn2c(-c3cccs3)cc(C(F)(F)F)c(C#N)c2=O)CC1. The maximum Gasteiger partial charge on any atom is 0.417 e. The maximum atomic E-state index is 13.4. The molecule has 4 nitrogen and oxygen atoms in total. The average molecular weight is 393 g/mol. The second-order valence-corrected chi connectivity index (χ2v) is 7.49. The number of pyridine rings is 1. The Morgan fingerprint density at radius 1 is 1.37 bits per heavy atom. The van der Waals surface area contributed by atoms with Gasteiger partial charge in [-0.2, -0.15) is 28.2 Å². The lowest BCUT2D eigenvalue weighted by molar-refractivity contribution is -0.137. The van der Waals surface area contributed by atoms with Crippen LogP contribution in [0.3, 0.4) is 0 Å². The molecule has 0 aromatic carbocycles. The summed E-state index contributed by atoms with van der Waals surface area (Å²) in [4.78, 5) is 13.2. The van der Waals surface area contributed by atoms with Gasteiger partial charge in [-0.05, 0) is 49.1 Å². The molecule has 2 heterocycles. The topological polar surface area (TPSA) is 58.1 Å². The standard InChI is InChI=1S/C19H18F3N3OS/c1-2-12-5-7-13(8-6-12)24-25-16(17-4-3-9-27-17)10-15(19(20,21)22)14(11-23)18(25)26/h3-4,9-10,12H,2,5-8H2,1H3. The zero-order valence-electron chi connectivity index (χ0n) is 14.7. The van der Waals surface area contributed by atoms with Crippen molar-refractivity contribution in [1.29, 1.82) is 5.26 Å². The number of hydrogen-bond acceptors (Lipinski definition) is 4. The van der Waals surface area contributed by atoms with E-state index in [2.05, 4.69) is 12.0 Å². The molecule has 0 amide bonds. The summed E-state index contributed by atoms with van der Waals surface area (Å²) in [6, 6.07) is 5.60. The smallest absolute Gasteiger partial charge is 0.266 e. The summed E-state index contributed by atoms with van der Waals surface area (Å²) < 4.78 is 41.1. The van der Waals surface area contributed by atoms with Crippen LogP contribution in [0.2, 0.25) is 0 Å². The predicted molar refractivity (Wildman–Crippen MR) is 98.8 cm³/mol. The third-order valence-electron chi connectivity index (χ3n) is 4.88. The van der Waals surface area contributed by atoms with Crippen LogP contribution in [0.1, 0.15) is 50.2 Å². The number of alkyl halides is 3. The Kier molecular flexibility index (Phi) is 5.51. The van der Waals surface area contributed by atoms with Gasteiger partial charge < -0.3 is 0 Å². The molecule has 27 heavy (non-hydrogen) atoms. The molecule has 2 aromatic rings. The van der Waals surface area contributed by atoms with Gasteiger partial charge in [-0.25, -0.2) is 0 Å². The van der Waals surface area contributed by atoms with Gasteiger partial charge >= 0.3 is 6.18 Å². The molecule has 1 saturated carbocycles. The van der Waals surface area contributed by atoms with E-state index in [0.29, 0.717) is 23.6 Å². The molecular weight excluding hydrogens is 375 g/mol. The number of hydrogen-bond donors (Lipinski definition) is 0. The van der Waals surface area contributed by atoms with Crippen molar-refractivity contribution in [2.24, 2.45) is 11.0 Å². The minimum Gasteiger partial charge on any atom is -0.266 e. The number of rotatable bonds is 3. The first-order valence-electron chi connectivity index (χ1n) is 8.73. The van der Waals surface area contributed by atoms with Crippen LogP contribution < -0.4 is 5.56 Å². The predicted octanol–water partition coefficient (Wildman–Crippen LogP) is 5.27. The summed E-state index contributed by atoms with van der Waals surface area (Å²) in [6.45, 7) is 2.13. The van der Waals surface area contributed by atoms with E-state index in [1.807, 2.05) is 0 Å². The lowest BCUT2D eigenvalue weighted by Crippen LogP contribution is -2.27. The van der Waals surface area contributed by atoms with Crippen molar-refractivity contribution >= 4 is 17.0 Å². The van der Waals surface area contributed by atoms with Gasteiger partial charge in [-0.3, -0.25) is 4.79 Å². The van der Waals surface area contributed by atoms with Crippen molar-refractivity contribution in [3.8, 4) is 16.6 Å². The summed E-state index contributed by atoms with van der Waals surface area (Å²) in [6.07, 6.45) is -0.405. The van der Waals surface area contributed by atoms with Gasteiger partial charge in [0.1, 0.15) is 11.6 Å². The van der Waals surface area contributed by atoms with Crippen LogP contribution in [0.5, 0.6) is 0 Å². The van der Waals surface area contributed by atoms with E-state index >= 15 is 0 Å².